The molecule has 0 bridgehead atoms. The van der Waals surface area contributed by atoms with Gasteiger partial charge < -0.3 is 5.73 Å². The van der Waals surface area contributed by atoms with Crippen LogP contribution in [0.4, 0.5) is 10.1 Å². The molecule has 1 saturated heterocycles. The summed E-state index contributed by atoms with van der Waals surface area (Å²) in [5.41, 5.74) is 5.34. The van der Waals surface area contributed by atoms with Gasteiger partial charge in [-0.25, -0.2) is 4.39 Å². The van der Waals surface area contributed by atoms with Crippen molar-refractivity contribution in [2.75, 3.05) is 17.8 Å². The van der Waals surface area contributed by atoms with Gasteiger partial charge in [-0.3, -0.25) is 10.1 Å². The van der Waals surface area contributed by atoms with Crippen molar-refractivity contribution >= 4 is 21.7 Å². The fourth-order valence-corrected chi connectivity index (χ4v) is 3.56. The zero-order valence-electron chi connectivity index (χ0n) is 11.6. The highest BCUT2D eigenvalue weighted by molar-refractivity contribution is 7.90. The molecule has 0 unspecified atom stereocenters. The van der Waals surface area contributed by atoms with Crippen molar-refractivity contribution in [3.05, 3.63) is 29.6 Å². The van der Waals surface area contributed by atoms with E-state index in [0.717, 1.165) is 31.7 Å². The Morgan fingerprint density at radius 3 is 2.38 bits per heavy atom. The van der Waals surface area contributed by atoms with Crippen LogP contribution < -0.4 is 10.5 Å². The minimum Gasteiger partial charge on any atom is -0.384 e. The molecular formula is C13H19FN4O2S. The molecule has 2 rings (SSSR count). The number of hydrogen-bond donors (Lipinski definition) is 3. The fraction of sp³-hybridized carbons (Fsp3) is 0.462. The number of amidine groups is 1. The standard InChI is InChI=1S/C13H19FN4O2S/c14-11-9-10(13(15)16)5-6-12(11)17-21(19,20)18-7-3-1-2-4-8-18/h5-6,9,17H,1-4,7-8H2,(H3,15,16). The quantitative estimate of drug-likeness (QED) is 0.582. The highest BCUT2D eigenvalue weighted by Crippen LogP contribution is 2.20. The highest BCUT2D eigenvalue weighted by Gasteiger charge is 2.23. The number of nitrogens with one attached hydrogen (secondary N) is 2. The van der Waals surface area contributed by atoms with Crippen molar-refractivity contribution in [3.8, 4) is 0 Å². The summed E-state index contributed by atoms with van der Waals surface area (Å²) in [6, 6.07) is 3.73. The Hall–Kier alpha value is -1.67. The van der Waals surface area contributed by atoms with Gasteiger partial charge >= 0.3 is 10.2 Å². The number of halogens is 1. The van der Waals surface area contributed by atoms with Crippen molar-refractivity contribution < 1.29 is 12.8 Å². The Morgan fingerprint density at radius 1 is 1.24 bits per heavy atom. The normalized spacial score (nSPS) is 17.2. The van der Waals surface area contributed by atoms with E-state index < -0.39 is 16.0 Å². The van der Waals surface area contributed by atoms with Crippen LogP contribution in [0.15, 0.2) is 18.2 Å². The molecule has 0 saturated carbocycles. The molecule has 0 radical (unpaired) electrons. The maximum atomic E-state index is 13.9. The van der Waals surface area contributed by atoms with Crippen LogP contribution >= 0.6 is 0 Å². The molecule has 1 aliphatic heterocycles. The van der Waals surface area contributed by atoms with E-state index in [-0.39, 0.29) is 17.1 Å². The molecule has 6 nitrogen and oxygen atoms in total. The number of nitrogens with two attached hydrogens (primary N) is 1. The SMILES string of the molecule is N=C(N)c1ccc(NS(=O)(=O)N2CCCCCC2)c(F)c1. The summed E-state index contributed by atoms with van der Waals surface area (Å²) >= 11 is 0. The molecule has 1 fully saturated rings. The van der Waals surface area contributed by atoms with Gasteiger partial charge in [0, 0.05) is 18.7 Å². The van der Waals surface area contributed by atoms with E-state index >= 15 is 0 Å². The molecule has 0 aliphatic carbocycles. The second-order valence-electron chi connectivity index (χ2n) is 5.03. The Bertz CT molecular complexity index is 625. The van der Waals surface area contributed by atoms with Crippen LogP contribution in [0.25, 0.3) is 0 Å². The molecular weight excluding hydrogens is 295 g/mol. The molecule has 0 amide bonds. The smallest absolute Gasteiger partial charge is 0.301 e. The lowest BCUT2D eigenvalue weighted by molar-refractivity contribution is 0.427. The first-order valence-electron chi connectivity index (χ1n) is 6.82. The van der Waals surface area contributed by atoms with Gasteiger partial charge in [0.1, 0.15) is 11.7 Å². The van der Waals surface area contributed by atoms with Crippen LogP contribution in [0, 0.1) is 11.2 Å². The molecule has 1 aliphatic rings. The first kappa shape index (κ1) is 15.7. The molecule has 116 valence electrons. The third-order valence-corrected chi connectivity index (χ3v) is 4.95. The van der Waals surface area contributed by atoms with E-state index in [1.807, 2.05) is 0 Å². The van der Waals surface area contributed by atoms with E-state index in [0.29, 0.717) is 13.1 Å². The van der Waals surface area contributed by atoms with Crippen molar-refractivity contribution in [2.24, 2.45) is 5.73 Å². The average molecular weight is 314 g/mol. The van der Waals surface area contributed by atoms with Crippen LogP contribution in [0.2, 0.25) is 0 Å². The maximum absolute atomic E-state index is 13.9. The second-order valence-corrected chi connectivity index (χ2v) is 6.70. The predicted molar refractivity (Wildman–Crippen MR) is 80.0 cm³/mol. The van der Waals surface area contributed by atoms with Gasteiger partial charge in [0.15, 0.2) is 0 Å². The third-order valence-electron chi connectivity index (χ3n) is 3.42. The molecule has 4 N–H and O–H groups in total. The van der Waals surface area contributed by atoms with E-state index in [1.165, 1.54) is 16.4 Å². The number of nitrogens with zero attached hydrogens (tertiary/aromatic N) is 1. The van der Waals surface area contributed by atoms with Crippen LogP contribution in [0.1, 0.15) is 31.2 Å². The summed E-state index contributed by atoms with van der Waals surface area (Å²) in [5.74, 6) is -1.02. The van der Waals surface area contributed by atoms with Gasteiger partial charge in [-0.15, -0.1) is 0 Å². The van der Waals surface area contributed by atoms with Crippen LogP contribution in [0.3, 0.4) is 0 Å². The summed E-state index contributed by atoms with van der Waals surface area (Å²) in [6.07, 6.45) is 3.64. The number of rotatable bonds is 4. The van der Waals surface area contributed by atoms with Gasteiger partial charge in [-0.05, 0) is 31.0 Å². The zero-order chi connectivity index (χ0) is 15.5. The van der Waals surface area contributed by atoms with Crippen molar-refractivity contribution in [1.82, 2.24) is 4.31 Å². The molecule has 21 heavy (non-hydrogen) atoms. The zero-order valence-corrected chi connectivity index (χ0v) is 12.4. The molecule has 8 heteroatoms. The monoisotopic (exact) mass is 314 g/mol. The third kappa shape index (κ3) is 3.92. The lowest BCUT2D eigenvalue weighted by atomic mass is 10.2. The molecule has 1 heterocycles. The van der Waals surface area contributed by atoms with Crippen molar-refractivity contribution in [3.63, 3.8) is 0 Å². The fourth-order valence-electron chi connectivity index (χ4n) is 2.25. The van der Waals surface area contributed by atoms with Crippen LogP contribution in [-0.2, 0) is 10.2 Å². The molecule has 1 aromatic carbocycles. The molecule has 1 aromatic rings. The Kier molecular flexibility index (Phi) is 4.79. The minimum absolute atomic E-state index is 0.135. The van der Waals surface area contributed by atoms with E-state index in [1.54, 1.807) is 0 Å². The van der Waals surface area contributed by atoms with Gasteiger partial charge in [0.25, 0.3) is 0 Å². The van der Waals surface area contributed by atoms with Gasteiger partial charge in [0.05, 0.1) is 5.69 Å². The predicted octanol–water partition coefficient (Wildman–Crippen LogP) is 1.64. The Labute approximate surface area is 123 Å². The number of benzene rings is 1. The topological polar surface area (TPSA) is 99.3 Å². The Morgan fingerprint density at radius 2 is 1.86 bits per heavy atom. The average Bonchev–Trinajstić information content (AvgIpc) is 2.70. The molecule has 0 aromatic heterocycles. The van der Waals surface area contributed by atoms with Gasteiger partial charge in [0.2, 0.25) is 0 Å². The van der Waals surface area contributed by atoms with Crippen molar-refractivity contribution in [1.29, 1.82) is 5.41 Å². The molecule has 0 atom stereocenters. The minimum atomic E-state index is -3.76. The largest absolute Gasteiger partial charge is 0.384 e. The first-order valence-corrected chi connectivity index (χ1v) is 8.26. The van der Waals surface area contributed by atoms with Crippen LogP contribution in [-0.4, -0.2) is 31.6 Å². The number of hydrogen-bond acceptors (Lipinski definition) is 3. The highest BCUT2D eigenvalue weighted by atomic mass is 32.2. The van der Waals surface area contributed by atoms with Crippen molar-refractivity contribution in [2.45, 2.75) is 25.7 Å². The van der Waals surface area contributed by atoms with E-state index in [4.69, 9.17) is 11.1 Å². The second kappa shape index (κ2) is 6.40. The number of anilines is 1. The van der Waals surface area contributed by atoms with E-state index in [9.17, 15) is 12.8 Å². The summed E-state index contributed by atoms with van der Waals surface area (Å²) in [5, 5.41) is 7.23. The van der Waals surface area contributed by atoms with Gasteiger partial charge in [-0.1, -0.05) is 12.8 Å². The summed E-state index contributed by atoms with van der Waals surface area (Å²) in [7, 11) is -3.76. The Balaban J connectivity index is 2.18. The number of nitrogen functional groups attached to an aromatic ring is 1. The summed E-state index contributed by atoms with van der Waals surface area (Å²) in [4.78, 5) is 0. The maximum Gasteiger partial charge on any atom is 0.301 e. The van der Waals surface area contributed by atoms with Gasteiger partial charge in [-0.2, -0.15) is 12.7 Å². The molecule has 0 spiro atoms. The first-order chi connectivity index (χ1) is 9.90. The lowest BCUT2D eigenvalue weighted by Crippen LogP contribution is -2.36. The summed E-state index contributed by atoms with van der Waals surface area (Å²) < 4.78 is 42.0. The van der Waals surface area contributed by atoms with E-state index in [2.05, 4.69) is 4.72 Å². The summed E-state index contributed by atoms with van der Waals surface area (Å²) in [6.45, 7) is 0.894. The van der Waals surface area contributed by atoms with Crippen LogP contribution in [0.5, 0.6) is 0 Å². The lowest BCUT2D eigenvalue weighted by Gasteiger charge is -2.21.